The summed E-state index contributed by atoms with van der Waals surface area (Å²) in [5.41, 5.74) is 4.33. The number of fused-ring (bicyclic) bond motifs is 4. The third kappa shape index (κ3) is 1.41. The maximum atomic E-state index is 5.72. The summed E-state index contributed by atoms with van der Waals surface area (Å²) in [6, 6.07) is 24.0. The summed E-state index contributed by atoms with van der Waals surface area (Å²) in [7, 11) is 0. The topological polar surface area (TPSA) is 13.1 Å². The van der Waals surface area contributed by atoms with E-state index in [1.165, 1.54) is 22.5 Å². The van der Waals surface area contributed by atoms with Crippen molar-refractivity contribution in [2.75, 3.05) is 0 Å². The molecule has 1 aromatic heterocycles. The first-order valence-electron chi connectivity index (χ1n) is 7.62. The predicted octanol–water partition coefficient (Wildman–Crippen LogP) is 5.04. The lowest BCUT2D eigenvalue weighted by molar-refractivity contribution is 0.155. The van der Waals surface area contributed by atoms with Crippen LogP contribution in [0.3, 0.4) is 0 Å². The Labute approximate surface area is 124 Å². The third-order valence-corrected chi connectivity index (χ3v) is 5.31. The molecule has 0 spiro atoms. The van der Waals surface area contributed by atoms with Gasteiger partial charge in [-0.25, -0.2) is 0 Å². The Bertz CT molecular complexity index is 706. The van der Waals surface area contributed by atoms with E-state index in [9.17, 15) is 0 Å². The highest BCUT2D eigenvalue weighted by Crippen LogP contribution is 2.73. The molecule has 0 radical (unpaired) electrons. The number of furan rings is 1. The molecule has 2 aliphatic carbocycles. The molecule has 0 N–H and O–H groups in total. The fourth-order valence-corrected chi connectivity index (χ4v) is 4.42. The highest BCUT2D eigenvalue weighted by atomic mass is 16.3. The molecule has 1 fully saturated rings. The Hall–Kier alpha value is -2.28. The Balaban J connectivity index is 1.63. The average Bonchev–Trinajstić information content (AvgIpc) is 2.92. The van der Waals surface area contributed by atoms with Crippen molar-refractivity contribution in [3.8, 4) is 0 Å². The molecule has 1 saturated carbocycles. The van der Waals surface area contributed by atoms with Gasteiger partial charge in [-0.1, -0.05) is 60.7 Å². The molecule has 1 heteroatoms. The van der Waals surface area contributed by atoms with Crippen LogP contribution < -0.4 is 0 Å². The summed E-state index contributed by atoms with van der Waals surface area (Å²) in [6.45, 7) is 0. The van der Waals surface area contributed by atoms with Gasteiger partial charge in [0.25, 0.3) is 0 Å². The van der Waals surface area contributed by atoms with Crippen molar-refractivity contribution in [2.24, 2.45) is 0 Å². The van der Waals surface area contributed by atoms with Gasteiger partial charge in [-0.3, -0.25) is 0 Å². The van der Waals surface area contributed by atoms with Crippen LogP contribution >= 0.6 is 0 Å². The standard InChI is InChI=1S/C20H16O/c1-3-7-13(8-4-1)16-17(14-9-5-2-6-10-14)19-18(16)15-11-12-21-20(15)19/h1-12,16-19H. The summed E-state index contributed by atoms with van der Waals surface area (Å²) >= 11 is 0. The van der Waals surface area contributed by atoms with E-state index in [0.717, 1.165) is 0 Å². The van der Waals surface area contributed by atoms with Gasteiger partial charge in [-0.05, 0) is 28.7 Å². The Morgan fingerprint density at radius 2 is 1.14 bits per heavy atom. The minimum atomic E-state index is 0.553. The van der Waals surface area contributed by atoms with Gasteiger partial charge in [-0.2, -0.15) is 0 Å². The van der Waals surface area contributed by atoms with Gasteiger partial charge in [0.15, 0.2) is 0 Å². The molecule has 5 rings (SSSR count). The summed E-state index contributed by atoms with van der Waals surface area (Å²) in [5.74, 6) is 3.58. The van der Waals surface area contributed by atoms with E-state index in [1.54, 1.807) is 0 Å². The third-order valence-electron chi connectivity index (χ3n) is 5.31. The zero-order chi connectivity index (χ0) is 13.8. The minimum Gasteiger partial charge on any atom is -0.469 e. The number of rotatable bonds is 2. The first-order valence-corrected chi connectivity index (χ1v) is 7.62. The van der Waals surface area contributed by atoms with E-state index in [4.69, 9.17) is 4.42 Å². The van der Waals surface area contributed by atoms with Crippen LogP contribution in [0.2, 0.25) is 0 Å². The monoisotopic (exact) mass is 272 g/mol. The molecule has 2 aromatic carbocycles. The van der Waals surface area contributed by atoms with E-state index in [-0.39, 0.29) is 0 Å². The van der Waals surface area contributed by atoms with Crippen molar-refractivity contribution in [3.05, 3.63) is 95.4 Å². The van der Waals surface area contributed by atoms with E-state index < -0.39 is 0 Å². The van der Waals surface area contributed by atoms with Crippen LogP contribution in [0.1, 0.15) is 46.1 Å². The predicted molar refractivity (Wildman–Crippen MR) is 82.6 cm³/mol. The van der Waals surface area contributed by atoms with Crippen LogP contribution in [0.15, 0.2) is 77.4 Å². The highest BCUT2D eigenvalue weighted by Gasteiger charge is 2.61. The second-order valence-corrected chi connectivity index (χ2v) is 6.16. The summed E-state index contributed by atoms with van der Waals surface area (Å²) in [5, 5.41) is 0. The maximum Gasteiger partial charge on any atom is 0.111 e. The number of benzene rings is 2. The molecule has 3 aromatic rings. The van der Waals surface area contributed by atoms with Gasteiger partial charge in [0.1, 0.15) is 5.76 Å². The van der Waals surface area contributed by atoms with Crippen molar-refractivity contribution in [2.45, 2.75) is 23.7 Å². The van der Waals surface area contributed by atoms with Crippen LogP contribution in [-0.4, -0.2) is 0 Å². The molecule has 0 aliphatic heterocycles. The van der Waals surface area contributed by atoms with Crippen LogP contribution in [0.5, 0.6) is 0 Å². The van der Waals surface area contributed by atoms with E-state index >= 15 is 0 Å². The minimum absolute atomic E-state index is 0.553. The molecule has 21 heavy (non-hydrogen) atoms. The molecule has 102 valence electrons. The molecular formula is C20H16O. The lowest BCUT2D eigenvalue weighted by atomic mass is 9.44. The van der Waals surface area contributed by atoms with Crippen LogP contribution in [0.25, 0.3) is 0 Å². The maximum absolute atomic E-state index is 5.72. The largest absolute Gasteiger partial charge is 0.469 e. The molecule has 0 amide bonds. The summed E-state index contributed by atoms with van der Waals surface area (Å²) in [6.07, 6.45) is 1.85. The highest BCUT2D eigenvalue weighted by molar-refractivity contribution is 5.54. The van der Waals surface area contributed by atoms with Crippen molar-refractivity contribution in [3.63, 3.8) is 0 Å². The Kier molecular flexibility index (Phi) is 2.23. The smallest absolute Gasteiger partial charge is 0.111 e. The number of hydrogen-bond acceptors (Lipinski definition) is 1. The molecule has 0 saturated heterocycles. The zero-order valence-corrected chi connectivity index (χ0v) is 11.6. The molecule has 1 nitrogen and oxygen atoms in total. The summed E-state index contributed by atoms with van der Waals surface area (Å²) in [4.78, 5) is 0. The molecule has 2 aliphatic rings. The fraction of sp³-hybridized carbons (Fsp3) is 0.200. The van der Waals surface area contributed by atoms with Gasteiger partial charge >= 0.3 is 0 Å². The van der Waals surface area contributed by atoms with Gasteiger partial charge in [0.2, 0.25) is 0 Å². The van der Waals surface area contributed by atoms with Gasteiger partial charge in [0, 0.05) is 17.8 Å². The van der Waals surface area contributed by atoms with Gasteiger partial charge < -0.3 is 4.42 Å². The van der Waals surface area contributed by atoms with Crippen molar-refractivity contribution in [1.29, 1.82) is 0 Å². The molecule has 0 bridgehead atoms. The van der Waals surface area contributed by atoms with E-state index in [0.29, 0.717) is 23.7 Å². The SMILES string of the molecule is c1ccc(C2C(c3ccccc3)C3c4occc4C23)cc1. The van der Waals surface area contributed by atoms with E-state index in [1.807, 2.05) is 6.26 Å². The Morgan fingerprint density at radius 1 is 0.571 bits per heavy atom. The molecular weight excluding hydrogens is 256 g/mol. The fourth-order valence-electron chi connectivity index (χ4n) is 4.42. The second kappa shape index (κ2) is 4.11. The average molecular weight is 272 g/mol. The Morgan fingerprint density at radius 3 is 1.76 bits per heavy atom. The first-order chi connectivity index (χ1) is 10.4. The first kappa shape index (κ1) is 11.4. The number of hydrogen-bond donors (Lipinski definition) is 0. The van der Waals surface area contributed by atoms with Crippen molar-refractivity contribution >= 4 is 0 Å². The van der Waals surface area contributed by atoms with Crippen LogP contribution in [0, 0.1) is 0 Å². The lowest BCUT2D eigenvalue weighted by Gasteiger charge is -2.58. The van der Waals surface area contributed by atoms with Crippen molar-refractivity contribution < 1.29 is 4.42 Å². The summed E-state index contributed by atoms with van der Waals surface area (Å²) < 4.78 is 5.72. The van der Waals surface area contributed by atoms with Crippen LogP contribution in [-0.2, 0) is 0 Å². The van der Waals surface area contributed by atoms with Gasteiger partial charge in [0.05, 0.1) is 6.26 Å². The second-order valence-electron chi connectivity index (χ2n) is 6.16. The lowest BCUT2D eigenvalue weighted by Crippen LogP contribution is -2.46. The van der Waals surface area contributed by atoms with E-state index in [2.05, 4.69) is 66.7 Å². The molecule has 1 heterocycles. The quantitative estimate of drug-likeness (QED) is 0.637. The van der Waals surface area contributed by atoms with Crippen LogP contribution in [0.4, 0.5) is 0 Å². The normalized spacial score (nSPS) is 29.0. The molecule has 4 unspecified atom stereocenters. The van der Waals surface area contributed by atoms with Crippen molar-refractivity contribution in [1.82, 2.24) is 0 Å². The zero-order valence-electron chi connectivity index (χ0n) is 11.6. The van der Waals surface area contributed by atoms with Gasteiger partial charge in [-0.15, -0.1) is 0 Å². The molecule has 4 atom stereocenters.